The Morgan fingerprint density at radius 1 is 1.09 bits per heavy atom. The third-order valence-corrected chi connectivity index (χ3v) is 6.42. The second-order valence-corrected chi connectivity index (χ2v) is 9.04. The summed E-state index contributed by atoms with van der Waals surface area (Å²) >= 11 is 12.8. The lowest BCUT2D eigenvalue weighted by molar-refractivity contribution is -0.385. The summed E-state index contributed by atoms with van der Waals surface area (Å²) in [5.41, 5.74) is 1.08. The topological polar surface area (TPSA) is 104 Å². The second-order valence-electron chi connectivity index (χ2n) is 6.96. The van der Waals surface area contributed by atoms with E-state index in [1.54, 1.807) is 42.5 Å². The predicted molar refractivity (Wildman–Crippen MR) is 138 cm³/mol. The van der Waals surface area contributed by atoms with Crippen LogP contribution < -0.4 is 19.1 Å². The molecule has 178 valence electrons. The minimum Gasteiger partial charge on any atom is -0.495 e. The number of anilines is 1. The fourth-order valence-electron chi connectivity index (χ4n) is 3.15. The number of nitro groups is 1. The number of benzene rings is 2. The van der Waals surface area contributed by atoms with Crippen LogP contribution in [0.3, 0.4) is 0 Å². The van der Waals surface area contributed by atoms with Crippen molar-refractivity contribution in [1.82, 2.24) is 4.98 Å². The highest BCUT2D eigenvalue weighted by Gasteiger charge is 2.33. The Morgan fingerprint density at radius 3 is 2.46 bits per heavy atom. The van der Waals surface area contributed by atoms with Crippen molar-refractivity contribution in [1.29, 1.82) is 0 Å². The van der Waals surface area contributed by atoms with E-state index in [4.69, 9.17) is 38.0 Å². The molecule has 0 unspecified atom stereocenters. The number of thiocarbonyl (C=S) groups is 1. The van der Waals surface area contributed by atoms with Gasteiger partial charge in [-0.3, -0.25) is 19.8 Å². The fourth-order valence-corrected chi connectivity index (χ4v) is 4.70. The summed E-state index contributed by atoms with van der Waals surface area (Å²) in [5.74, 6) is 1.12. The van der Waals surface area contributed by atoms with Crippen LogP contribution in [0.5, 0.6) is 23.1 Å². The molecule has 1 amide bonds. The maximum atomic E-state index is 13.1. The van der Waals surface area contributed by atoms with E-state index in [9.17, 15) is 14.9 Å². The van der Waals surface area contributed by atoms with Gasteiger partial charge in [-0.2, -0.15) is 0 Å². The number of rotatable bonds is 7. The molecule has 0 saturated carbocycles. The quantitative estimate of drug-likeness (QED) is 0.161. The van der Waals surface area contributed by atoms with Crippen molar-refractivity contribution in [2.45, 2.75) is 0 Å². The number of carbonyl (C=O) groups is 1. The van der Waals surface area contributed by atoms with E-state index in [0.29, 0.717) is 42.7 Å². The number of pyridine rings is 1. The van der Waals surface area contributed by atoms with Crippen molar-refractivity contribution in [3.63, 3.8) is 0 Å². The molecule has 1 aromatic heterocycles. The molecule has 1 saturated heterocycles. The van der Waals surface area contributed by atoms with Crippen LogP contribution in [0.4, 0.5) is 11.4 Å². The first-order valence-corrected chi connectivity index (χ1v) is 11.5. The zero-order chi connectivity index (χ0) is 25.1. The van der Waals surface area contributed by atoms with Crippen molar-refractivity contribution in [3.8, 4) is 23.1 Å². The van der Waals surface area contributed by atoms with Gasteiger partial charge < -0.3 is 14.2 Å². The molecule has 0 atom stereocenters. The monoisotopic (exact) mass is 529 g/mol. The lowest BCUT2D eigenvalue weighted by Crippen LogP contribution is -2.27. The first-order chi connectivity index (χ1) is 16.8. The summed E-state index contributed by atoms with van der Waals surface area (Å²) in [6.45, 7) is 0. The van der Waals surface area contributed by atoms with Gasteiger partial charge in [-0.15, -0.1) is 0 Å². The van der Waals surface area contributed by atoms with Gasteiger partial charge in [0, 0.05) is 12.1 Å². The van der Waals surface area contributed by atoms with Crippen LogP contribution in [0.25, 0.3) is 6.08 Å². The summed E-state index contributed by atoms with van der Waals surface area (Å²) in [7, 11) is 2.98. The Bertz CT molecular complexity index is 1360. The standard InChI is InChI=1S/C23H16ClN3O6S2/c1-31-17-7-4-14(11-16(17)24)26-22(28)20(35-23(26)34)10-13-3-6-18(19(9-13)32-2)33-21-8-5-15(12-25-21)27(29)30/h3-12H,1-2H3/b20-10+. The molecule has 3 aromatic rings. The molecule has 0 radical (unpaired) electrons. The van der Waals surface area contributed by atoms with E-state index in [-0.39, 0.29) is 17.5 Å². The largest absolute Gasteiger partial charge is 0.495 e. The van der Waals surface area contributed by atoms with Crippen molar-refractivity contribution < 1.29 is 23.9 Å². The van der Waals surface area contributed by atoms with Gasteiger partial charge in [-0.05, 0) is 42.0 Å². The molecule has 2 heterocycles. The Labute approximate surface area is 214 Å². The van der Waals surface area contributed by atoms with E-state index in [1.807, 2.05) is 0 Å². The predicted octanol–water partition coefficient (Wildman–Crippen LogP) is 5.86. The highest BCUT2D eigenvalue weighted by molar-refractivity contribution is 8.27. The van der Waals surface area contributed by atoms with E-state index in [1.165, 1.54) is 43.0 Å². The summed E-state index contributed by atoms with van der Waals surface area (Å²) in [4.78, 5) is 29.1. The smallest absolute Gasteiger partial charge is 0.287 e. The van der Waals surface area contributed by atoms with Gasteiger partial charge in [0.05, 0.1) is 34.8 Å². The van der Waals surface area contributed by atoms with Crippen LogP contribution in [0, 0.1) is 10.1 Å². The summed E-state index contributed by atoms with van der Waals surface area (Å²) in [6, 6.07) is 12.8. The van der Waals surface area contributed by atoms with Crippen molar-refractivity contribution in [2.24, 2.45) is 0 Å². The molecular formula is C23H16ClN3O6S2. The minimum absolute atomic E-state index is 0.145. The molecule has 12 heteroatoms. The SMILES string of the molecule is COc1ccc(N2C(=O)/C(=C\c3ccc(Oc4ccc([N+](=O)[O-])cn4)c(OC)c3)SC2=S)cc1Cl. The molecule has 0 N–H and O–H groups in total. The second kappa shape index (κ2) is 10.3. The first-order valence-electron chi connectivity index (χ1n) is 9.88. The van der Waals surface area contributed by atoms with Gasteiger partial charge in [0.15, 0.2) is 15.8 Å². The van der Waals surface area contributed by atoms with E-state index in [0.717, 1.165) is 6.20 Å². The molecule has 9 nitrogen and oxygen atoms in total. The highest BCUT2D eigenvalue weighted by Crippen LogP contribution is 2.39. The third kappa shape index (κ3) is 5.21. The van der Waals surface area contributed by atoms with Crippen molar-refractivity contribution in [3.05, 3.63) is 80.3 Å². The Balaban J connectivity index is 1.56. The number of hydrogen-bond donors (Lipinski definition) is 0. The molecule has 1 aliphatic rings. The van der Waals surface area contributed by atoms with E-state index >= 15 is 0 Å². The number of ether oxygens (including phenoxy) is 3. The van der Waals surface area contributed by atoms with Crippen molar-refractivity contribution >= 4 is 63.3 Å². The molecule has 2 aromatic carbocycles. The maximum Gasteiger partial charge on any atom is 0.287 e. The minimum atomic E-state index is -0.544. The average molecular weight is 530 g/mol. The number of halogens is 1. The number of amides is 1. The molecule has 1 fully saturated rings. The fraction of sp³-hybridized carbons (Fsp3) is 0.0870. The normalized spacial score (nSPS) is 14.4. The van der Waals surface area contributed by atoms with Gasteiger partial charge in [0.25, 0.3) is 11.6 Å². The highest BCUT2D eigenvalue weighted by atomic mass is 35.5. The number of hydrogen-bond acceptors (Lipinski definition) is 9. The number of thioether (sulfide) groups is 1. The molecule has 35 heavy (non-hydrogen) atoms. The lowest BCUT2D eigenvalue weighted by atomic mass is 10.1. The van der Waals surface area contributed by atoms with Gasteiger partial charge in [0.1, 0.15) is 11.9 Å². The first kappa shape index (κ1) is 24.5. The van der Waals surface area contributed by atoms with Crippen LogP contribution in [-0.4, -0.2) is 34.4 Å². The van der Waals surface area contributed by atoms with E-state index in [2.05, 4.69) is 4.98 Å². The summed E-state index contributed by atoms with van der Waals surface area (Å²) < 4.78 is 16.6. The third-order valence-electron chi connectivity index (χ3n) is 4.82. The number of aromatic nitrogens is 1. The van der Waals surface area contributed by atoms with Crippen LogP contribution in [0.1, 0.15) is 5.56 Å². The van der Waals surface area contributed by atoms with Crippen LogP contribution >= 0.6 is 35.6 Å². The Kier molecular flexibility index (Phi) is 7.20. The van der Waals surface area contributed by atoms with E-state index < -0.39 is 4.92 Å². The molecule has 1 aliphatic heterocycles. The Morgan fingerprint density at radius 2 is 1.83 bits per heavy atom. The zero-order valence-electron chi connectivity index (χ0n) is 18.3. The van der Waals surface area contributed by atoms with Crippen molar-refractivity contribution in [2.75, 3.05) is 19.1 Å². The molecule has 4 rings (SSSR count). The summed E-state index contributed by atoms with van der Waals surface area (Å²) in [6.07, 6.45) is 2.80. The molecular weight excluding hydrogens is 514 g/mol. The van der Waals surface area contributed by atoms with Crippen LogP contribution in [0.15, 0.2) is 59.6 Å². The van der Waals surface area contributed by atoms with Gasteiger partial charge in [-0.1, -0.05) is 41.6 Å². The Hall–Kier alpha value is -3.67. The number of methoxy groups -OCH3 is 2. The molecule has 0 spiro atoms. The van der Waals surface area contributed by atoms with Gasteiger partial charge in [-0.25, -0.2) is 4.98 Å². The van der Waals surface area contributed by atoms with Crippen LogP contribution in [-0.2, 0) is 4.79 Å². The zero-order valence-corrected chi connectivity index (χ0v) is 20.6. The number of carbonyl (C=O) groups excluding carboxylic acids is 1. The number of nitrogens with zero attached hydrogens (tertiary/aromatic N) is 3. The summed E-state index contributed by atoms with van der Waals surface area (Å²) in [5, 5.41) is 11.2. The van der Waals surface area contributed by atoms with Gasteiger partial charge >= 0.3 is 0 Å². The average Bonchev–Trinajstić information content (AvgIpc) is 3.12. The van der Waals surface area contributed by atoms with Crippen LogP contribution in [0.2, 0.25) is 5.02 Å². The molecule has 0 aliphatic carbocycles. The molecule has 0 bridgehead atoms. The lowest BCUT2D eigenvalue weighted by Gasteiger charge is -2.15. The van der Waals surface area contributed by atoms with Gasteiger partial charge in [0.2, 0.25) is 5.88 Å². The maximum absolute atomic E-state index is 13.1.